The van der Waals surface area contributed by atoms with E-state index in [0.29, 0.717) is 0 Å². The Morgan fingerprint density at radius 3 is 2.80 bits per heavy atom. The highest BCUT2D eigenvalue weighted by Gasteiger charge is 2.03. The third-order valence-electron chi connectivity index (χ3n) is 2.07. The number of rotatable bonds is 5. The molecule has 1 rings (SSSR count). The van der Waals surface area contributed by atoms with Crippen molar-refractivity contribution in [1.29, 1.82) is 0 Å². The topological polar surface area (TPSA) is 35.2 Å². The number of methoxy groups -OCH3 is 1. The first kappa shape index (κ1) is 12.4. The molecule has 84 valence electrons. The van der Waals surface area contributed by atoms with Gasteiger partial charge in [-0.15, -0.1) is 0 Å². The van der Waals surface area contributed by atoms with Crippen LogP contribution in [0.3, 0.4) is 0 Å². The van der Waals surface area contributed by atoms with Crippen molar-refractivity contribution >= 4 is 11.8 Å². The van der Waals surface area contributed by atoms with Crippen molar-refractivity contribution in [2.45, 2.75) is 25.6 Å². The van der Waals surface area contributed by atoms with Crippen LogP contribution in [-0.2, 0) is 5.75 Å². The van der Waals surface area contributed by atoms with Crippen LogP contribution >= 0.6 is 11.8 Å². The van der Waals surface area contributed by atoms with Gasteiger partial charge < -0.3 is 10.5 Å². The van der Waals surface area contributed by atoms with E-state index >= 15 is 0 Å². The summed E-state index contributed by atoms with van der Waals surface area (Å²) in [5.41, 5.74) is 8.23. The molecule has 0 spiro atoms. The van der Waals surface area contributed by atoms with E-state index in [1.807, 2.05) is 24.8 Å². The van der Waals surface area contributed by atoms with Crippen LogP contribution < -0.4 is 10.5 Å². The molecule has 0 aromatic heterocycles. The van der Waals surface area contributed by atoms with Crippen LogP contribution in [0.15, 0.2) is 18.2 Å². The molecular formula is C12H19NOS. The van der Waals surface area contributed by atoms with Crippen molar-refractivity contribution in [3.05, 3.63) is 29.3 Å². The molecule has 15 heavy (non-hydrogen) atoms. The summed E-state index contributed by atoms with van der Waals surface area (Å²) in [6, 6.07) is 6.52. The Hall–Kier alpha value is -0.670. The van der Waals surface area contributed by atoms with E-state index in [1.165, 1.54) is 11.1 Å². The zero-order valence-corrected chi connectivity index (χ0v) is 10.4. The zero-order valence-electron chi connectivity index (χ0n) is 9.62. The summed E-state index contributed by atoms with van der Waals surface area (Å²) in [6.07, 6.45) is 0. The standard InChI is InChI=1S/C12H19NOS/c1-9-4-5-12(14-3)11(6-9)8-15-7-10(2)13/h4-6,10H,7-8,13H2,1-3H3. The average molecular weight is 225 g/mol. The van der Waals surface area contributed by atoms with Crippen LogP contribution in [0.4, 0.5) is 0 Å². The van der Waals surface area contributed by atoms with E-state index in [-0.39, 0.29) is 6.04 Å². The first-order chi connectivity index (χ1) is 7.13. The van der Waals surface area contributed by atoms with E-state index in [0.717, 1.165) is 17.3 Å². The minimum Gasteiger partial charge on any atom is -0.496 e. The van der Waals surface area contributed by atoms with Crippen molar-refractivity contribution in [3.63, 3.8) is 0 Å². The molecule has 0 aliphatic carbocycles. The van der Waals surface area contributed by atoms with Gasteiger partial charge in [-0.1, -0.05) is 17.7 Å². The van der Waals surface area contributed by atoms with Gasteiger partial charge in [0.2, 0.25) is 0 Å². The lowest BCUT2D eigenvalue weighted by molar-refractivity contribution is 0.411. The van der Waals surface area contributed by atoms with Gasteiger partial charge in [-0.05, 0) is 19.9 Å². The van der Waals surface area contributed by atoms with Gasteiger partial charge in [0.25, 0.3) is 0 Å². The average Bonchev–Trinajstić information content (AvgIpc) is 2.17. The highest BCUT2D eigenvalue weighted by atomic mass is 32.2. The second-order valence-electron chi connectivity index (χ2n) is 3.81. The number of ether oxygens (including phenoxy) is 1. The third kappa shape index (κ3) is 4.14. The molecule has 0 fully saturated rings. The van der Waals surface area contributed by atoms with Crippen molar-refractivity contribution in [1.82, 2.24) is 0 Å². The van der Waals surface area contributed by atoms with Gasteiger partial charge in [0, 0.05) is 23.1 Å². The lowest BCUT2D eigenvalue weighted by atomic mass is 10.1. The summed E-state index contributed by atoms with van der Waals surface area (Å²) >= 11 is 1.85. The van der Waals surface area contributed by atoms with Crippen LogP contribution in [0.2, 0.25) is 0 Å². The van der Waals surface area contributed by atoms with E-state index < -0.39 is 0 Å². The molecular weight excluding hydrogens is 206 g/mol. The van der Waals surface area contributed by atoms with Crippen molar-refractivity contribution in [3.8, 4) is 5.75 Å². The van der Waals surface area contributed by atoms with Gasteiger partial charge >= 0.3 is 0 Å². The molecule has 0 saturated carbocycles. The molecule has 2 N–H and O–H groups in total. The van der Waals surface area contributed by atoms with Crippen LogP contribution in [0, 0.1) is 6.92 Å². The van der Waals surface area contributed by atoms with Crippen LogP contribution in [0.1, 0.15) is 18.1 Å². The molecule has 1 unspecified atom stereocenters. The van der Waals surface area contributed by atoms with Crippen LogP contribution in [0.25, 0.3) is 0 Å². The maximum absolute atomic E-state index is 5.70. The molecule has 0 amide bonds. The Morgan fingerprint density at radius 2 is 2.20 bits per heavy atom. The van der Waals surface area contributed by atoms with Gasteiger partial charge in [0.1, 0.15) is 5.75 Å². The number of thioether (sulfide) groups is 1. The lowest BCUT2D eigenvalue weighted by Crippen LogP contribution is -2.17. The third-order valence-corrected chi connectivity index (χ3v) is 3.35. The molecule has 1 aromatic rings. The molecule has 2 nitrogen and oxygen atoms in total. The summed E-state index contributed by atoms with van der Waals surface area (Å²) in [4.78, 5) is 0. The maximum Gasteiger partial charge on any atom is 0.122 e. The summed E-state index contributed by atoms with van der Waals surface area (Å²) < 4.78 is 5.31. The Kier molecular flexibility index (Phi) is 4.99. The highest BCUT2D eigenvalue weighted by molar-refractivity contribution is 7.98. The maximum atomic E-state index is 5.70. The molecule has 0 aliphatic heterocycles. The first-order valence-corrected chi connectivity index (χ1v) is 6.25. The molecule has 0 saturated heterocycles. The van der Waals surface area contributed by atoms with Crippen molar-refractivity contribution in [2.75, 3.05) is 12.9 Å². The Bertz CT molecular complexity index is 312. The molecule has 1 atom stereocenters. The fourth-order valence-corrected chi connectivity index (χ4v) is 2.31. The van der Waals surface area contributed by atoms with E-state index in [1.54, 1.807) is 7.11 Å². The van der Waals surface area contributed by atoms with Crippen molar-refractivity contribution in [2.24, 2.45) is 5.73 Å². The summed E-state index contributed by atoms with van der Waals surface area (Å²) in [6.45, 7) is 4.12. The molecule has 0 aliphatic rings. The fraction of sp³-hybridized carbons (Fsp3) is 0.500. The monoisotopic (exact) mass is 225 g/mol. The number of hydrogen-bond donors (Lipinski definition) is 1. The Morgan fingerprint density at radius 1 is 1.47 bits per heavy atom. The Labute approximate surface area is 96.2 Å². The molecule has 0 bridgehead atoms. The van der Waals surface area contributed by atoms with Crippen LogP contribution in [-0.4, -0.2) is 18.9 Å². The Balaban J connectivity index is 2.62. The molecule has 0 radical (unpaired) electrons. The fourth-order valence-electron chi connectivity index (χ4n) is 1.37. The summed E-state index contributed by atoms with van der Waals surface area (Å²) in [7, 11) is 1.71. The van der Waals surface area contributed by atoms with E-state index in [4.69, 9.17) is 10.5 Å². The first-order valence-electron chi connectivity index (χ1n) is 5.10. The number of nitrogens with two attached hydrogens (primary N) is 1. The number of hydrogen-bond acceptors (Lipinski definition) is 3. The summed E-state index contributed by atoms with van der Waals surface area (Å²) in [5.74, 6) is 2.92. The minimum atomic E-state index is 0.255. The quantitative estimate of drug-likeness (QED) is 0.836. The molecule has 3 heteroatoms. The number of aryl methyl sites for hydroxylation is 1. The van der Waals surface area contributed by atoms with Crippen LogP contribution in [0.5, 0.6) is 5.75 Å². The number of benzene rings is 1. The highest BCUT2D eigenvalue weighted by Crippen LogP contribution is 2.24. The largest absolute Gasteiger partial charge is 0.496 e. The predicted octanol–water partition coefficient (Wildman–Crippen LogP) is 2.58. The van der Waals surface area contributed by atoms with Crippen molar-refractivity contribution < 1.29 is 4.74 Å². The van der Waals surface area contributed by atoms with E-state index in [9.17, 15) is 0 Å². The minimum absolute atomic E-state index is 0.255. The smallest absolute Gasteiger partial charge is 0.122 e. The predicted molar refractivity (Wildman–Crippen MR) is 67.5 cm³/mol. The van der Waals surface area contributed by atoms with E-state index in [2.05, 4.69) is 19.1 Å². The van der Waals surface area contributed by atoms with Gasteiger partial charge in [0.05, 0.1) is 7.11 Å². The second-order valence-corrected chi connectivity index (χ2v) is 4.84. The SMILES string of the molecule is COc1ccc(C)cc1CSCC(C)N. The van der Waals surface area contributed by atoms with Gasteiger partial charge in [0.15, 0.2) is 0 Å². The van der Waals surface area contributed by atoms with Gasteiger partial charge in [-0.2, -0.15) is 11.8 Å². The molecule has 0 heterocycles. The molecule has 1 aromatic carbocycles. The lowest BCUT2D eigenvalue weighted by Gasteiger charge is -2.10. The summed E-state index contributed by atoms with van der Waals surface area (Å²) in [5, 5.41) is 0. The van der Waals surface area contributed by atoms with Gasteiger partial charge in [-0.25, -0.2) is 0 Å². The normalized spacial score (nSPS) is 12.5. The second kappa shape index (κ2) is 6.03. The van der Waals surface area contributed by atoms with Gasteiger partial charge in [-0.3, -0.25) is 0 Å². The zero-order chi connectivity index (χ0) is 11.3.